The third-order valence-electron chi connectivity index (χ3n) is 2.76. The van der Waals surface area contributed by atoms with E-state index in [9.17, 15) is 4.79 Å². The Morgan fingerprint density at radius 1 is 1.50 bits per heavy atom. The Labute approximate surface area is 105 Å². The normalized spacial score (nSPS) is 12.0. The lowest BCUT2D eigenvalue weighted by Crippen LogP contribution is -2.13. The molecule has 0 aliphatic heterocycles. The number of aromatic amines is 1. The van der Waals surface area contributed by atoms with E-state index in [-0.39, 0.29) is 12.4 Å². The maximum Gasteiger partial charge on any atom is 0.307 e. The fourth-order valence-corrected chi connectivity index (χ4v) is 1.86. The first-order valence-electron chi connectivity index (χ1n) is 5.85. The van der Waals surface area contributed by atoms with Gasteiger partial charge in [0.25, 0.3) is 0 Å². The van der Waals surface area contributed by atoms with Gasteiger partial charge >= 0.3 is 5.97 Å². The number of benzene rings is 1. The number of nitriles is 1. The number of carbonyl (C=O) groups is 1. The molecule has 0 saturated heterocycles. The zero-order valence-corrected chi connectivity index (χ0v) is 10.1. The van der Waals surface area contributed by atoms with Gasteiger partial charge < -0.3 is 9.72 Å². The molecule has 4 nitrogen and oxygen atoms in total. The molecule has 0 aliphatic carbocycles. The predicted molar refractivity (Wildman–Crippen MR) is 67.8 cm³/mol. The smallest absolute Gasteiger partial charge is 0.307 e. The number of para-hydroxylation sites is 1. The summed E-state index contributed by atoms with van der Waals surface area (Å²) in [7, 11) is 0. The summed E-state index contributed by atoms with van der Waals surface area (Å²) < 4.78 is 4.90. The lowest BCUT2D eigenvalue weighted by atomic mass is 10.1. The second-order valence-corrected chi connectivity index (χ2v) is 4.12. The van der Waals surface area contributed by atoms with Gasteiger partial charge in [0.2, 0.25) is 0 Å². The Bertz CT molecular complexity index is 595. The fourth-order valence-electron chi connectivity index (χ4n) is 1.86. The zero-order valence-electron chi connectivity index (χ0n) is 10.1. The molecule has 18 heavy (non-hydrogen) atoms. The van der Waals surface area contributed by atoms with Gasteiger partial charge in [-0.3, -0.25) is 4.79 Å². The molecule has 2 rings (SSSR count). The summed E-state index contributed by atoms with van der Waals surface area (Å²) in [6.07, 6.45) is 2.13. The lowest BCUT2D eigenvalue weighted by molar-refractivity contribution is -0.145. The lowest BCUT2D eigenvalue weighted by Gasteiger charge is -2.05. The van der Waals surface area contributed by atoms with Crippen molar-refractivity contribution < 1.29 is 9.53 Å². The minimum absolute atomic E-state index is 0.286. The number of H-pyrrole nitrogens is 1. The van der Waals surface area contributed by atoms with Gasteiger partial charge in [0.05, 0.1) is 0 Å². The average molecular weight is 242 g/mol. The topological polar surface area (TPSA) is 65.9 Å². The summed E-state index contributed by atoms with van der Waals surface area (Å²) in [5.41, 5.74) is 2.15. The van der Waals surface area contributed by atoms with E-state index in [2.05, 4.69) is 4.98 Å². The molecular weight excluding hydrogens is 228 g/mol. The predicted octanol–water partition coefficient (Wildman–Crippen LogP) is 2.56. The van der Waals surface area contributed by atoms with Crippen LogP contribution in [0.3, 0.4) is 0 Å². The Balaban J connectivity index is 1.99. The van der Waals surface area contributed by atoms with Crippen molar-refractivity contribution in [2.24, 2.45) is 0 Å². The van der Waals surface area contributed by atoms with Crippen LogP contribution in [0.15, 0.2) is 30.5 Å². The minimum atomic E-state index is -0.680. The van der Waals surface area contributed by atoms with Gasteiger partial charge in [-0.1, -0.05) is 18.2 Å². The number of carbonyl (C=O) groups excluding carboxylic acids is 1. The molecule has 0 saturated carbocycles. The van der Waals surface area contributed by atoms with E-state index in [1.807, 2.05) is 36.5 Å². The highest BCUT2D eigenvalue weighted by molar-refractivity contribution is 5.83. The number of ether oxygens (including phenoxy) is 1. The Morgan fingerprint density at radius 3 is 3.06 bits per heavy atom. The molecule has 0 spiro atoms. The van der Waals surface area contributed by atoms with Crippen LogP contribution in [0, 0.1) is 11.3 Å². The molecule has 0 radical (unpaired) electrons. The van der Waals surface area contributed by atoms with E-state index in [0.717, 1.165) is 16.5 Å². The number of aryl methyl sites for hydroxylation is 1. The van der Waals surface area contributed by atoms with E-state index in [1.54, 1.807) is 6.92 Å². The highest BCUT2D eigenvalue weighted by Gasteiger charge is 2.10. The molecule has 4 heteroatoms. The van der Waals surface area contributed by atoms with E-state index in [0.29, 0.717) is 6.42 Å². The van der Waals surface area contributed by atoms with E-state index in [4.69, 9.17) is 10.00 Å². The largest absolute Gasteiger partial charge is 0.447 e. The van der Waals surface area contributed by atoms with Gasteiger partial charge in [0.15, 0.2) is 6.10 Å². The van der Waals surface area contributed by atoms with Crippen LogP contribution in [0.5, 0.6) is 0 Å². The number of aromatic nitrogens is 1. The number of nitrogens with zero attached hydrogens (tertiary/aromatic N) is 1. The summed E-state index contributed by atoms with van der Waals surface area (Å²) in [5, 5.41) is 9.67. The summed E-state index contributed by atoms with van der Waals surface area (Å²) in [6.45, 7) is 1.56. The van der Waals surface area contributed by atoms with Crippen LogP contribution in [-0.4, -0.2) is 17.1 Å². The van der Waals surface area contributed by atoms with Crippen LogP contribution < -0.4 is 0 Å². The van der Waals surface area contributed by atoms with Crippen LogP contribution in [0.4, 0.5) is 0 Å². The molecule has 2 aromatic rings. The number of nitrogens with one attached hydrogen (secondary N) is 1. The quantitative estimate of drug-likeness (QED) is 0.838. The molecule has 92 valence electrons. The molecule has 1 aromatic heterocycles. The van der Waals surface area contributed by atoms with Crippen molar-refractivity contribution in [2.75, 3.05) is 0 Å². The van der Waals surface area contributed by atoms with Gasteiger partial charge in [-0.05, 0) is 25.0 Å². The first-order valence-corrected chi connectivity index (χ1v) is 5.85. The molecule has 0 bridgehead atoms. The van der Waals surface area contributed by atoms with Crippen molar-refractivity contribution in [3.63, 3.8) is 0 Å². The number of hydrogen-bond donors (Lipinski definition) is 1. The van der Waals surface area contributed by atoms with Gasteiger partial charge in [-0.2, -0.15) is 5.26 Å². The summed E-state index contributed by atoms with van der Waals surface area (Å²) in [5.74, 6) is -0.339. The Kier molecular flexibility index (Phi) is 3.63. The van der Waals surface area contributed by atoms with Gasteiger partial charge in [-0.25, -0.2) is 0 Å². The zero-order chi connectivity index (χ0) is 13.0. The second-order valence-electron chi connectivity index (χ2n) is 4.12. The van der Waals surface area contributed by atoms with E-state index >= 15 is 0 Å². The van der Waals surface area contributed by atoms with Crippen molar-refractivity contribution in [1.29, 1.82) is 5.26 Å². The Hall–Kier alpha value is -2.28. The molecule has 1 aromatic carbocycles. The van der Waals surface area contributed by atoms with Crippen LogP contribution in [0.1, 0.15) is 18.9 Å². The molecule has 0 fully saturated rings. The second kappa shape index (κ2) is 5.37. The first kappa shape index (κ1) is 12.2. The fraction of sp³-hybridized carbons (Fsp3) is 0.286. The minimum Gasteiger partial charge on any atom is -0.447 e. The van der Waals surface area contributed by atoms with Crippen molar-refractivity contribution in [3.8, 4) is 6.07 Å². The summed E-state index contributed by atoms with van der Waals surface area (Å²) in [4.78, 5) is 14.6. The molecule has 1 atom stereocenters. The molecule has 0 unspecified atom stereocenters. The summed E-state index contributed by atoms with van der Waals surface area (Å²) in [6, 6.07) is 9.81. The van der Waals surface area contributed by atoms with E-state index in [1.165, 1.54) is 0 Å². The average Bonchev–Trinajstić information content (AvgIpc) is 2.79. The highest BCUT2D eigenvalue weighted by Crippen LogP contribution is 2.19. The maximum absolute atomic E-state index is 11.5. The number of hydrogen-bond acceptors (Lipinski definition) is 3. The van der Waals surface area contributed by atoms with Crippen LogP contribution in [0.2, 0.25) is 0 Å². The van der Waals surface area contributed by atoms with Crippen LogP contribution in [-0.2, 0) is 16.0 Å². The number of fused-ring (bicyclic) bond motifs is 1. The van der Waals surface area contributed by atoms with Crippen molar-refractivity contribution in [1.82, 2.24) is 4.98 Å². The highest BCUT2D eigenvalue weighted by atomic mass is 16.5. The molecule has 1 N–H and O–H groups in total. The maximum atomic E-state index is 11.5. The standard InChI is InChI=1S/C14H14N2O2/c1-10(8-15)18-14(17)7-6-11-9-16-13-5-3-2-4-12(11)13/h2-5,9-10,16H,6-7H2,1H3/t10-/m1/s1. The van der Waals surface area contributed by atoms with Crippen molar-refractivity contribution in [3.05, 3.63) is 36.0 Å². The molecular formula is C14H14N2O2. The summed E-state index contributed by atoms with van der Waals surface area (Å²) >= 11 is 0. The Morgan fingerprint density at radius 2 is 2.28 bits per heavy atom. The van der Waals surface area contributed by atoms with Crippen molar-refractivity contribution >= 4 is 16.9 Å². The third-order valence-corrected chi connectivity index (χ3v) is 2.76. The molecule has 1 heterocycles. The van der Waals surface area contributed by atoms with Crippen LogP contribution in [0.25, 0.3) is 10.9 Å². The van der Waals surface area contributed by atoms with Crippen molar-refractivity contribution in [2.45, 2.75) is 25.9 Å². The van der Waals surface area contributed by atoms with E-state index < -0.39 is 6.10 Å². The van der Waals surface area contributed by atoms with Gasteiger partial charge in [0, 0.05) is 23.5 Å². The van der Waals surface area contributed by atoms with Gasteiger partial charge in [0.1, 0.15) is 6.07 Å². The monoisotopic (exact) mass is 242 g/mol. The van der Waals surface area contributed by atoms with Gasteiger partial charge in [-0.15, -0.1) is 0 Å². The van der Waals surface area contributed by atoms with Crippen LogP contribution >= 0.6 is 0 Å². The first-order chi connectivity index (χ1) is 8.70. The SMILES string of the molecule is C[C@H](C#N)OC(=O)CCc1c[nH]c2ccccc12. The molecule has 0 amide bonds. The number of esters is 1. The molecule has 0 aliphatic rings. The number of rotatable bonds is 4. The third kappa shape index (κ3) is 2.69.